The molecular formula is C20H22N2O4S. The Bertz CT molecular complexity index is 939. The zero-order chi connectivity index (χ0) is 19.4. The van der Waals surface area contributed by atoms with Crippen molar-refractivity contribution in [2.75, 3.05) is 31.6 Å². The van der Waals surface area contributed by atoms with Crippen molar-refractivity contribution in [1.29, 1.82) is 0 Å². The second-order valence-electron chi connectivity index (χ2n) is 6.19. The molecule has 0 saturated carbocycles. The molecule has 27 heavy (non-hydrogen) atoms. The maximum absolute atomic E-state index is 13.0. The Morgan fingerprint density at radius 3 is 2.59 bits per heavy atom. The Hall–Kier alpha value is -2.64. The number of carbonyl (C=O) groups excluding carboxylic acids is 1. The van der Waals surface area contributed by atoms with Crippen LogP contribution in [-0.4, -0.2) is 45.4 Å². The van der Waals surface area contributed by atoms with Crippen LogP contribution in [0.15, 0.2) is 66.1 Å². The predicted octanol–water partition coefficient (Wildman–Crippen LogP) is 2.46. The molecule has 3 rings (SSSR count). The molecule has 0 atom stereocenters. The molecule has 2 aromatic rings. The molecule has 0 spiro atoms. The first-order valence-electron chi connectivity index (χ1n) is 8.60. The largest absolute Gasteiger partial charge is 0.497 e. The highest BCUT2D eigenvalue weighted by atomic mass is 32.2. The van der Waals surface area contributed by atoms with Gasteiger partial charge >= 0.3 is 0 Å². The molecule has 0 saturated heterocycles. The van der Waals surface area contributed by atoms with E-state index in [4.69, 9.17) is 4.74 Å². The van der Waals surface area contributed by atoms with Gasteiger partial charge in [0.05, 0.1) is 18.6 Å². The lowest BCUT2D eigenvalue weighted by atomic mass is 10.2. The molecule has 1 heterocycles. The number of carbonyl (C=O) groups is 1. The molecule has 0 bridgehead atoms. The minimum Gasteiger partial charge on any atom is -0.497 e. The molecule has 1 amide bonds. The monoisotopic (exact) mass is 386 g/mol. The standard InChI is InChI=1S/C20H22N2O4S/c1-3-13-21(27(24,25)18-10-8-17(26-2)9-11-18)15-20(23)22-14-12-16-6-4-5-7-19(16)22/h3-11H,1,12-15H2,2H3. The summed E-state index contributed by atoms with van der Waals surface area (Å²) in [5.74, 6) is 0.313. The number of amides is 1. The molecule has 2 aromatic carbocycles. The Morgan fingerprint density at radius 1 is 1.22 bits per heavy atom. The molecule has 0 fully saturated rings. The Morgan fingerprint density at radius 2 is 1.93 bits per heavy atom. The molecule has 0 aliphatic carbocycles. The number of sulfonamides is 1. The van der Waals surface area contributed by atoms with Crippen LogP contribution in [0.2, 0.25) is 0 Å². The maximum Gasteiger partial charge on any atom is 0.243 e. The number of nitrogens with zero attached hydrogens (tertiary/aromatic N) is 2. The third-order valence-corrected chi connectivity index (χ3v) is 6.36. The minimum absolute atomic E-state index is 0.0512. The summed E-state index contributed by atoms with van der Waals surface area (Å²) in [6.45, 7) is 3.99. The van der Waals surface area contributed by atoms with E-state index in [9.17, 15) is 13.2 Å². The van der Waals surface area contributed by atoms with Crippen LogP contribution in [0.5, 0.6) is 5.75 Å². The van der Waals surface area contributed by atoms with E-state index < -0.39 is 10.0 Å². The van der Waals surface area contributed by atoms with Gasteiger partial charge in [-0.2, -0.15) is 4.31 Å². The van der Waals surface area contributed by atoms with Gasteiger partial charge in [-0.1, -0.05) is 24.3 Å². The fourth-order valence-corrected chi connectivity index (χ4v) is 4.48. The van der Waals surface area contributed by atoms with Crippen LogP contribution >= 0.6 is 0 Å². The molecule has 0 aromatic heterocycles. The molecule has 1 aliphatic rings. The first kappa shape index (κ1) is 19.1. The van der Waals surface area contributed by atoms with E-state index in [1.165, 1.54) is 25.3 Å². The smallest absolute Gasteiger partial charge is 0.243 e. The number of methoxy groups -OCH3 is 1. The topological polar surface area (TPSA) is 66.9 Å². The maximum atomic E-state index is 13.0. The molecule has 6 nitrogen and oxygen atoms in total. The van der Waals surface area contributed by atoms with Crippen LogP contribution < -0.4 is 9.64 Å². The Kier molecular flexibility index (Phi) is 5.62. The van der Waals surface area contributed by atoms with E-state index in [1.807, 2.05) is 24.3 Å². The van der Waals surface area contributed by atoms with Crippen molar-refractivity contribution in [2.24, 2.45) is 0 Å². The average Bonchev–Trinajstić information content (AvgIpc) is 3.12. The average molecular weight is 386 g/mol. The number of rotatable bonds is 7. The van der Waals surface area contributed by atoms with Gasteiger partial charge in [-0.15, -0.1) is 6.58 Å². The second-order valence-corrected chi connectivity index (χ2v) is 8.12. The van der Waals surface area contributed by atoms with Crippen molar-refractivity contribution in [3.05, 3.63) is 66.7 Å². The van der Waals surface area contributed by atoms with Gasteiger partial charge < -0.3 is 9.64 Å². The van der Waals surface area contributed by atoms with Gasteiger partial charge in [-0.25, -0.2) is 8.42 Å². The third kappa shape index (κ3) is 3.89. The Balaban J connectivity index is 1.83. The van der Waals surface area contributed by atoms with E-state index in [0.29, 0.717) is 12.3 Å². The van der Waals surface area contributed by atoms with Crippen LogP contribution in [0.1, 0.15) is 5.56 Å². The van der Waals surface area contributed by atoms with E-state index in [1.54, 1.807) is 17.0 Å². The van der Waals surface area contributed by atoms with Crippen LogP contribution in [0.3, 0.4) is 0 Å². The first-order chi connectivity index (χ1) is 13.0. The number of hydrogen-bond acceptors (Lipinski definition) is 4. The number of para-hydroxylation sites is 1. The number of anilines is 1. The van der Waals surface area contributed by atoms with Crippen molar-refractivity contribution >= 4 is 21.6 Å². The number of fused-ring (bicyclic) bond motifs is 1. The molecule has 0 radical (unpaired) electrons. The number of hydrogen-bond donors (Lipinski definition) is 0. The van der Waals surface area contributed by atoms with E-state index in [0.717, 1.165) is 22.0 Å². The Labute approximate surface area is 159 Å². The van der Waals surface area contributed by atoms with Crippen molar-refractivity contribution in [2.45, 2.75) is 11.3 Å². The van der Waals surface area contributed by atoms with Gasteiger partial charge in [0, 0.05) is 18.8 Å². The summed E-state index contributed by atoms with van der Waals surface area (Å²) in [6, 6.07) is 13.8. The van der Waals surface area contributed by atoms with E-state index in [2.05, 4.69) is 6.58 Å². The van der Waals surface area contributed by atoms with E-state index in [-0.39, 0.29) is 23.9 Å². The zero-order valence-electron chi connectivity index (χ0n) is 15.2. The highest BCUT2D eigenvalue weighted by molar-refractivity contribution is 7.89. The fourth-order valence-electron chi connectivity index (χ4n) is 3.12. The lowest BCUT2D eigenvalue weighted by Crippen LogP contribution is -2.42. The number of ether oxygens (including phenoxy) is 1. The summed E-state index contributed by atoms with van der Waals surface area (Å²) in [4.78, 5) is 14.6. The van der Waals surface area contributed by atoms with Crippen LogP contribution in [0, 0.1) is 0 Å². The van der Waals surface area contributed by atoms with E-state index >= 15 is 0 Å². The first-order valence-corrected chi connectivity index (χ1v) is 10.0. The van der Waals surface area contributed by atoms with Gasteiger partial charge in [0.25, 0.3) is 0 Å². The number of benzene rings is 2. The fraction of sp³-hybridized carbons (Fsp3) is 0.250. The summed E-state index contributed by atoms with van der Waals surface area (Å²) in [5.41, 5.74) is 1.95. The summed E-state index contributed by atoms with van der Waals surface area (Å²) >= 11 is 0. The lowest BCUT2D eigenvalue weighted by molar-refractivity contribution is -0.118. The lowest BCUT2D eigenvalue weighted by Gasteiger charge is -2.24. The molecule has 142 valence electrons. The SMILES string of the molecule is C=CCN(CC(=O)N1CCc2ccccc21)S(=O)(=O)c1ccc(OC)cc1. The zero-order valence-corrected chi connectivity index (χ0v) is 16.0. The van der Waals surface area contributed by atoms with Crippen molar-refractivity contribution < 1.29 is 17.9 Å². The summed E-state index contributed by atoms with van der Waals surface area (Å²) < 4.78 is 32.2. The summed E-state index contributed by atoms with van der Waals surface area (Å²) in [7, 11) is -2.32. The summed E-state index contributed by atoms with van der Waals surface area (Å²) in [5, 5.41) is 0. The predicted molar refractivity (Wildman–Crippen MR) is 104 cm³/mol. The van der Waals surface area contributed by atoms with Crippen molar-refractivity contribution in [1.82, 2.24) is 4.31 Å². The minimum atomic E-state index is -3.83. The molecule has 0 N–H and O–H groups in total. The molecule has 7 heteroatoms. The van der Waals surface area contributed by atoms with Gasteiger partial charge in [0.15, 0.2) is 0 Å². The van der Waals surface area contributed by atoms with Crippen LogP contribution in [-0.2, 0) is 21.2 Å². The van der Waals surface area contributed by atoms with Gasteiger partial charge in [0.2, 0.25) is 15.9 Å². The van der Waals surface area contributed by atoms with Gasteiger partial charge in [-0.3, -0.25) is 4.79 Å². The summed E-state index contributed by atoms with van der Waals surface area (Å²) in [6.07, 6.45) is 2.25. The van der Waals surface area contributed by atoms with Crippen molar-refractivity contribution in [3.63, 3.8) is 0 Å². The van der Waals surface area contributed by atoms with Crippen molar-refractivity contribution in [3.8, 4) is 5.75 Å². The van der Waals surface area contributed by atoms with Gasteiger partial charge in [0.1, 0.15) is 5.75 Å². The van der Waals surface area contributed by atoms with Crippen LogP contribution in [0.4, 0.5) is 5.69 Å². The molecule has 1 aliphatic heterocycles. The molecule has 0 unspecified atom stereocenters. The second kappa shape index (κ2) is 7.94. The molecular weight excluding hydrogens is 364 g/mol. The normalized spacial score (nSPS) is 13.5. The quantitative estimate of drug-likeness (QED) is 0.686. The van der Waals surface area contributed by atoms with Gasteiger partial charge in [-0.05, 0) is 42.3 Å². The third-order valence-electron chi connectivity index (χ3n) is 4.53. The highest BCUT2D eigenvalue weighted by Crippen LogP contribution is 2.28. The highest BCUT2D eigenvalue weighted by Gasteiger charge is 2.30. The van der Waals surface area contributed by atoms with Crippen LogP contribution in [0.25, 0.3) is 0 Å².